The first-order valence-corrected chi connectivity index (χ1v) is 7.80. The Morgan fingerprint density at radius 1 is 1.56 bits per heavy atom. The van der Waals surface area contributed by atoms with Crippen molar-refractivity contribution in [3.63, 3.8) is 0 Å². The number of hydrogen-bond acceptors (Lipinski definition) is 4. The molecule has 1 heterocycles. The average molecular weight is 274 g/mol. The molecule has 4 nitrogen and oxygen atoms in total. The van der Waals surface area contributed by atoms with Gasteiger partial charge in [-0.15, -0.1) is 0 Å². The fraction of sp³-hybridized carbons (Fsp3) is 0.923. The lowest BCUT2D eigenvalue weighted by Crippen LogP contribution is -2.47. The van der Waals surface area contributed by atoms with Gasteiger partial charge in [0.2, 0.25) is 5.91 Å². The summed E-state index contributed by atoms with van der Waals surface area (Å²) < 4.78 is 0. The first-order valence-electron chi connectivity index (χ1n) is 6.65. The van der Waals surface area contributed by atoms with Crippen LogP contribution in [-0.2, 0) is 4.79 Å². The van der Waals surface area contributed by atoms with E-state index in [1.165, 1.54) is 0 Å². The van der Waals surface area contributed by atoms with Crippen molar-refractivity contribution in [3.05, 3.63) is 0 Å². The number of nitrogens with one attached hydrogen (secondary N) is 2. The van der Waals surface area contributed by atoms with E-state index in [1.54, 1.807) is 0 Å². The summed E-state index contributed by atoms with van der Waals surface area (Å²) in [6, 6.07) is 0.324. The highest BCUT2D eigenvalue weighted by molar-refractivity contribution is 7.99. The van der Waals surface area contributed by atoms with Gasteiger partial charge in [-0.2, -0.15) is 11.8 Å². The molecule has 0 aliphatic carbocycles. The zero-order chi connectivity index (χ0) is 13.6. The van der Waals surface area contributed by atoms with Crippen LogP contribution in [0.3, 0.4) is 0 Å². The molecule has 1 aliphatic rings. The van der Waals surface area contributed by atoms with E-state index in [2.05, 4.69) is 31.4 Å². The van der Waals surface area contributed by atoms with E-state index in [0.717, 1.165) is 18.1 Å². The predicted octanol–water partition coefficient (Wildman–Crippen LogP) is 0.995. The lowest BCUT2D eigenvalue weighted by atomic mass is 9.85. The fourth-order valence-corrected chi connectivity index (χ4v) is 3.03. The number of thioether (sulfide) groups is 1. The molecule has 1 fully saturated rings. The van der Waals surface area contributed by atoms with Crippen molar-refractivity contribution in [2.45, 2.75) is 45.7 Å². The molecule has 1 aliphatic heterocycles. The Morgan fingerprint density at radius 2 is 2.28 bits per heavy atom. The molecule has 1 rings (SSSR count). The van der Waals surface area contributed by atoms with Crippen LogP contribution < -0.4 is 10.6 Å². The number of rotatable bonds is 5. The Kier molecular flexibility index (Phi) is 6.46. The molecular formula is C13H26N2O2S. The van der Waals surface area contributed by atoms with Crippen LogP contribution in [0.2, 0.25) is 0 Å². The quantitative estimate of drug-likeness (QED) is 0.700. The molecule has 0 spiro atoms. The van der Waals surface area contributed by atoms with E-state index in [1.807, 2.05) is 11.8 Å². The molecule has 0 radical (unpaired) electrons. The van der Waals surface area contributed by atoms with Gasteiger partial charge in [0, 0.05) is 43.2 Å². The normalized spacial score (nSPS) is 22.6. The first kappa shape index (κ1) is 15.8. The molecule has 0 aromatic rings. The van der Waals surface area contributed by atoms with E-state index in [9.17, 15) is 4.79 Å². The molecule has 106 valence electrons. The van der Waals surface area contributed by atoms with Gasteiger partial charge in [-0.3, -0.25) is 4.79 Å². The highest BCUT2D eigenvalue weighted by atomic mass is 32.2. The molecule has 3 N–H and O–H groups in total. The lowest BCUT2D eigenvalue weighted by Gasteiger charge is -2.32. The van der Waals surface area contributed by atoms with Crippen molar-refractivity contribution >= 4 is 17.7 Å². The molecular weight excluding hydrogens is 248 g/mol. The number of carbonyl (C=O) groups excluding carboxylic acids is 1. The van der Waals surface area contributed by atoms with Gasteiger partial charge in [0.15, 0.2) is 0 Å². The van der Waals surface area contributed by atoms with Crippen LogP contribution in [0.15, 0.2) is 0 Å². The van der Waals surface area contributed by atoms with E-state index in [4.69, 9.17) is 5.11 Å². The third-order valence-corrected chi connectivity index (χ3v) is 4.36. The Morgan fingerprint density at radius 3 is 2.78 bits per heavy atom. The van der Waals surface area contributed by atoms with Gasteiger partial charge in [-0.25, -0.2) is 0 Å². The second kappa shape index (κ2) is 7.36. The van der Waals surface area contributed by atoms with E-state index < -0.39 is 0 Å². The Labute approximate surface area is 114 Å². The maximum Gasteiger partial charge on any atom is 0.221 e. The van der Waals surface area contributed by atoms with Crippen molar-refractivity contribution in [1.29, 1.82) is 0 Å². The summed E-state index contributed by atoms with van der Waals surface area (Å²) >= 11 is 1.90. The molecule has 2 atom stereocenters. The molecule has 1 saturated heterocycles. The van der Waals surface area contributed by atoms with Crippen molar-refractivity contribution in [3.8, 4) is 0 Å². The molecule has 18 heavy (non-hydrogen) atoms. The van der Waals surface area contributed by atoms with E-state index in [0.29, 0.717) is 18.9 Å². The van der Waals surface area contributed by atoms with Gasteiger partial charge in [-0.05, 0) is 11.8 Å². The summed E-state index contributed by atoms with van der Waals surface area (Å²) in [4.78, 5) is 12.0. The monoisotopic (exact) mass is 274 g/mol. The number of carbonyl (C=O) groups is 1. The molecule has 0 aromatic heterocycles. The predicted molar refractivity (Wildman–Crippen MR) is 76.8 cm³/mol. The summed E-state index contributed by atoms with van der Waals surface area (Å²) in [5.74, 6) is 2.23. The zero-order valence-electron chi connectivity index (χ0n) is 11.7. The van der Waals surface area contributed by atoms with E-state index >= 15 is 0 Å². The van der Waals surface area contributed by atoms with Gasteiger partial charge < -0.3 is 15.7 Å². The minimum absolute atomic E-state index is 0.0207. The van der Waals surface area contributed by atoms with E-state index in [-0.39, 0.29) is 24.0 Å². The smallest absolute Gasteiger partial charge is 0.221 e. The maximum atomic E-state index is 12.0. The average Bonchev–Trinajstić information content (AvgIpc) is 2.28. The number of aliphatic hydroxyl groups excluding tert-OH is 1. The first-order chi connectivity index (χ1) is 8.43. The summed E-state index contributed by atoms with van der Waals surface area (Å²) in [5, 5.41) is 15.5. The van der Waals surface area contributed by atoms with Crippen LogP contribution in [0.5, 0.6) is 0 Å². The minimum Gasteiger partial charge on any atom is -0.396 e. The highest BCUT2D eigenvalue weighted by Gasteiger charge is 2.26. The van der Waals surface area contributed by atoms with Gasteiger partial charge in [0.05, 0.1) is 0 Å². The summed E-state index contributed by atoms with van der Waals surface area (Å²) in [5.41, 5.74) is -0.0207. The molecule has 5 heteroatoms. The number of aliphatic hydroxyl groups is 1. The summed E-state index contributed by atoms with van der Waals surface area (Å²) in [6.07, 6.45) is 1.15. The summed E-state index contributed by atoms with van der Waals surface area (Å²) in [7, 11) is 0. The van der Waals surface area contributed by atoms with Crippen LogP contribution in [0.1, 0.15) is 33.6 Å². The van der Waals surface area contributed by atoms with Gasteiger partial charge in [-0.1, -0.05) is 20.8 Å². The van der Waals surface area contributed by atoms with Crippen LogP contribution >= 0.6 is 11.8 Å². The van der Waals surface area contributed by atoms with Crippen LogP contribution in [0.25, 0.3) is 0 Å². The molecule has 0 bridgehead atoms. The summed E-state index contributed by atoms with van der Waals surface area (Å²) in [6.45, 7) is 7.36. The number of amides is 1. The van der Waals surface area contributed by atoms with Crippen molar-refractivity contribution < 1.29 is 9.90 Å². The van der Waals surface area contributed by atoms with Crippen molar-refractivity contribution in [2.24, 2.45) is 5.41 Å². The molecule has 2 unspecified atom stereocenters. The zero-order valence-corrected chi connectivity index (χ0v) is 12.5. The van der Waals surface area contributed by atoms with Gasteiger partial charge in [0.25, 0.3) is 0 Å². The second-order valence-corrected chi connectivity index (χ2v) is 7.08. The maximum absolute atomic E-state index is 12.0. The van der Waals surface area contributed by atoms with Crippen LogP contribution in [0, 0.1) is 5.41 Å². The minimum atomic E-state index is -0.0207. The Balaban J connectivity index is 2.40. The third-order valence-electron chi connectivity index (χ3n) is 3.23. The third kappa shape index (κ3) is 5.59. The topological polar surface area (TPSA) is 61.4 Å². The van der Waals surface area contributed by atoms with Crippen LogP contribution in [-0.4, -0.2) is 47.8 Å². The lowest BCUT2D eigenvalue weighted by molar-refractivity contribution is -0.123. The second-order valence-electron chi connectivity index (χ2n) is 5.93. The highest BCUT2D eigenvalue weighted by Crippen LogP contribution is 2.22. The fourth-order valence-electron chi connectivity index (χ4n) is 2.08. The molecule has 0 aromatic carbocycles. The van der Waals surface area contributed by atoms with Crippen molar-refractivity contribution in [1.82, 2.24) is 10.6 Å². The van der Waals surface area contributed by atoms with Crippen LogP contribution in [0.4, 0.5) is 0 Å². The SMILES string of the molecule is CC(C)(C)C(CCO)NC(=O)CC1CSCCN1. The molecule has 1 amide bonds. The van der Waals surface area contributed by atoms with Gasteiger partial charge in [0.1, 0.15) is 0 Å². The van der Waals surface area contributed by atoms with Gasteiger partial charge >= 0.3 is 0 Å². The Hall–Kier alpha value is -0.260. The Bertz CT molecular complexity index is 260. The standard InChI is InChI=1S/C13H26N2O2S/c1-13(2,3)11(4-6-16)15-12(17)8-10-9-18-7-5-14-10/h10-11,14,16H,4-9H2,1-3H3,(H,15,17). The molecule has 0 saturated carbocycles. The number of hydrogen-bond donors (Lipinski definition) is 3. The largest absolute Gasteiger partial charge is 0.396 e. The van der Waals surface area contributed by atoms with Crippen molar-refractivity contribution in [2.75, 3.05) is 24.7 Å².